The van der Waals surface area contributed by atoms with Crippen molar-refractivity contribution >= 4 is 0 Å². The fourth-order valence-corrected chi connectivity index (χ4v) is 1.47. The molecule has 1 saturated heterocycles. The van der Waals surface area contributed by atoms with Crippen LogP contribution < -0.4 is 0 Å². The number of imidazole rings is 1. The van der Waals surface area contributed by atoms with Gasteiger partial charge in [0.2, 0.25) is 0 Å². The normalized spacial score (nSPS) is 38.5. The fraction of sp³-hybridized carbons (Fsp3) is 0.625. The first-order valence-corrected chi connectivity index (χ1v) is 4.33. The van der Waals surface area contributed by atoms with Crippen LogP contribution in [0.1, 0.15) is 6.23 Å². The van der Waals surface area contributed by atoms with Gasteiger partial charge in [-0.05, 0) is 0 Å². The second-order valence-corrected chi connectivity index (χ2v) is 3.28. The Labute approximate surface area is 80.4 Å². The zero-order valence-corrected chi connectivity index (χ0v) is 7.39. The quantitative estimate of drug-likeness (QED) is 0.513. The molecular formula is C8H12N2O4. The molecule has 6 nitrogen and oxygen atoms in total. The van der Waals surface area contributed by atoms with Crippen LogP contribution in [-0.4, -0.2) is 49.8 Å². The second kappa shape index (κ2) is 3.66. The molecule has 0 spiro atoms. The number of nitrogens with zero attached hydrogens (tertiary/aromatic N) is 2. The number of ether oxygens (including phenoxy) is 1. The monoisotopic (exact) mass is 200 g/mol. The smallest absolute Gasteiger partial charge is 0.163 e. The molecule has 0 amide bonds. The van der Waals surface area contributed by atoms with E-state index in [1.165, 1.54) is 6.33 Å². The van der Waals surface area contributed by atoms with Crippen molar-refractivity contribution in [3.63, 3.8) is 0 Å². The molecule has 2 rings (SSSR count). The summed E-state index contributed by atoms with van der Waals surface area (Å²) < 4.78 is 6.72. The van der Waals surface area contributed by atoms with Crippen LogP contribution in [0.5, 0.6) is 0 Å². The molecule has 0 aromatic carbocycles. The van der Waals surface area contributed by atoms with Gasteiger partial charge in [0.25, 0.3) is 0 Å². The summed E-state index contributed by atoms with van der Waals surface area (Å²) >= 11 is 0. The van der Waals surface area contributed by atoms with Crippen molar-refractivity contribution in [2.75, 3.05) is 6.61 Å². The molecular weight excluding hydrogens is 188 g/mol. The Morgan fingerprint density at radius 3 is 2.71 bits per heavy atom. The van der Waals surface area contributed by atoms with E-state index in [4.69, 9.17) is 4.74 Å². The van der Waals surface area contributed by atoms with E-state index in [0.717, 1.165) is 0 Å². The van der Waals surface area contributed by atoms with Gasteiger partial charge in [0.05, 0.1) is 12.9 Å². The zero-order valence-electron chi connectivity index (χ0n) is 7.39. The van der Waals surface area contributed by atoms with Crippen LogP contribution in [0.4, 0.5) is 0 Å². The minimum atomic E-state index is -1.18. The van der Waals surface area contributed by atoms with Crippen molar-refractivity contribution in [3.05, 3.63) is 18.7 Å². The lowest BCUT2D eigenvalue weighted by molar-refractivity contribution is -0.210. The number of hydrogen-bond acceptors (Lipinski definition) is 5. The average Bonchev–Trinajstić information content (AvgIpc) is 2.67. The van der Waals surface area contributed by atoms with E-state index in [1.807, 2.05) is 0 Å². The van der Waals surface area contributed by atoms with Crippen molar-refractivity contribution in [2.45, 2.75) is 24.5 Å². The first-order valence-electron chi connectivity index (χ1n) is 4.33. The molecule has 1 aromatic rings. The number of aromatic nitrogens is 2. The molecule has 6 heteroatoms. The molecule has 0 saturated carbocycles. The maximum atomic E-state index is 9.60. The van der Waals surface area contributed by atoms with E-state index in [0.29, 0.717) is 0 Å². The van der Waals surface area contributed by atoms with E-state index in [2.05, 4.69) is 4.98 Å². The lowest BCUT2D eigenvalue weighted by Gasteiger charge is -2.35. The van der Waals surface area contributed by atoms with Crippen molar-refractivity contribution in [2.24, 2.45) is 0 Å². The highest BCUT2D eigenvalue weighted by atomic mass is 16.5. The lowest BCUT2D eigenvalue weighted by atomic mass is 10.0. The summed E-state index contributed by atoms with van der Waals surface area (Å²) in [5, 5.41) is 28.2. The van der Waals surface area contributed by atoms with Gasteiger partial charge in [0, 0.05) is 12.4 Å². The van der Waals surface area contributed by atoms with Gasteiger partial charge in [-0.1, -0.05) is 0 Å². The number of rotatable bonds is 1. The summed E-state index contributed by atoms with van der Waals surface area (Å²) in [6, 6.07) is 0. The zero-order chi connectivity index (χ0) is 10.1. The van der Waals surface area contributed by atoms with Crippen LogP contribution in [0.2, 0.25) is 0 Å². The van der Waals surface area contributed by atoms with Gasteiger partial charge in [0.1, 0.15) is 18.3 Å². The lowest BCUT2D eigenvalue weighted by Crippen LogP contribution is -2.50. The molecule has 0 radical (unpaired) electrons. The van der Waals surface area contributed by atoms with E-state index < -0.39 is 24.5 Å². The maximum Gasteiger partial charge on any atom is 0.163 e. The Morgan fingerprint density at radius 1 is 1.29 bits per heavy atom. The fourth-order valence-electron chi connectivity index (χ4n) is 1.47. The first kappa shape index (κ1) is 9.60. The predicted octanol–water partition coefficient (Wildman–Crippen LogP) is -1.51. The minimum Gasteiger partial charge on any atom is -0.388 e. The molecule has 14 heavy (non-hydrogen) atoms. The molecule has 1 aliphatic rings. The molecule has 0 aliphatic carbocycles. The minimum absolute atomic E-state index is 0.00106. The summed E-state index contributed by atoms with van der Waals surface area (Å²) in [5.41, 5.74) is 0. The molecule has 2 heterocycles. The maximum absolute atomic E-state index is 9.60. The topological polar surface area (TPSA) is 87.7 Å². The average molecular weight is 200 g/mol. The molecule has 0 bridgehead atoms. The molecule has 4 unspecified atom stereocenters. The first-order chi connectivity index (χ1) is 6.70. The largest absolute Gasteiger partial charge is 0.388 e. The van der Waals surface area contributed by atoms with Crippen LogP contribution in [0.25, 0.3) is 0 Å². The van der Waals surface area contributed by atoms with Crippen molar-refractivity contribution in [1.82, 2.24) is 9.55 Å². The summed E-state index contributed by atoms with van der Waals surface area (Å²) in [6.45, 7) is 0.00106. The van der Waals surface area contributed by atoms with Crippen molar-refractivity contribution in [3.8, 4) is 0 Å². The van der Waals surface area contributed by atoms with Gasteiger partial charge in [0.15, 0.2) is 6.23 Å². The molecule has 3 N–H and O–H groups in total. The third kappa shape index (κ3) is 1.53. The number of hydrogen-bond donors (Lipinski definition) is 3. The molecule has 1 fully saturated rings. The number of aliphatic hydroxyl groups excluding tert-OH is 3. The van der Waals surface area contributed by atoms with Gasteiger partial charge in [-0.3, -0.25) is 0 Å². The van der Waals surface area contributed by atoms with E-state index in [9.17, 15) is 15.3 Å². The van der Waals surface area contributed by atoms with E-state index in [1.54, 1.807) is 17.0 Å². The van der Waals surface area contributed by atoms with Crippen LogP contribution in [-0.2, 0) is 4.74 Å². The van der Waals surface area contributed by atoms with Crippen molar-refractivity contribution in [1.29, 1.82) is 0 Å². The highest BCUT2D eigenvalue weighted by molar-refractivity contribution is 4.88. The highest BCUT2D eigenvalue weighted by Crippen LogP contribution is 2.23. The summed E-state index contributed by atoms with van der Waals surface area (Å²) in [6.07, 6.45) is 0.606. The summed E-state index contributed by atoms with van der Waals surface area (Å²) in [5.74, 6) is 0. The highest BCUT2D eigenvalue weighted by Gasteiger charge is 2.38. The molecule has 1 aliphatic heterocycles. The van der Waals surface area contributed by atoms with Crippen LogP contribution in [0.15, 0.2) is 18.7 Å². The molecule has 4 atom stereocenters. The molecule has 78 valence electrons. The van der Waals surface area contributed by atoms with Crippen LogP contribution >= 0.6 is 0 Å². The van der Waals surface area contributed by atoms with Crippen LogP contribution in [0, 0.1) is 0 Å². The van der Waals surface area contributed by atoms with Crippen LogP contribution in [0.3, 0.4) is 0 Å². The third-order valence-corrected chi connectivity index (χ3v) is 2.29. The Kier molecular flexibility index (Phi) is 2.51. The SMILES string of the molecule is OC1COC(n2ccnc2)C(O)C1O. The summed E-state index contributed by atoms with van der Waals surface area (Å²) in [4.78, 5) is 3.80. The Balaban J connectivity index is 2.14. The van der Waals surface area contributed by atoms with Gasteiger partial charge in [-0.15, -0.1) is 0 Å². The summed E-state index contributed by atoms with van der Waals surface area (Å²) in [7, 11) is 0. The second-order valence-electron chi connectivity index (χ2n) is 3.28. The Hall–Kier alpha value is -0.950. The van der Waals surface area contributed by atoms with Gasteiger partial charge in [-0.2, -0.15) is 0 Å². The van der Waals surface area contributed by atoms with Crippen molar-refractivity contribution < 1.29 is 20.1 Å². The third-order valence-electron chi connectivity index (χ3n) is 2.29. The predicted molar refractivity (Wildman–Crippen MR) is 45.2 cm³/mol. The Bertz CT molecular complexity index is 290. The van der Waals surface area contributed by atoms with Gasteiger partial charge >= 0.3 is 0 Å². The van der Waals surface area contributed by atoms with E-state index in [-0.39, 0.29) is 6.61 Å². The van der Waals surface area contributed by atoms with Gasteiger partial charge in [-0.25, -0.2) is 4.98 Å². The van der Waals surface area contributed by atoms with Gasteiger partial charge < -0.3 is 24.6 Å². The molecule has 1 aromatic heterocycles. The standard InChI is InChI=1S/C8H12N2O4/c11-5-3-14-8(7(13)6(5)12)10-2-1-9-4-10/h1-2,4-8,11-13H,3H2. The Morgan fingerprint density at radius 2 is 2.07 bits per heavy atom. The van der Waals surface area contributed by atoms with E-state index >= 15 is 0 Å². The number of aliphatic hydroxyl groups is 3.